The standard InChI is InChI=1S/C14H15BrCl2N4/c1-2-18-13-12(15)14(21-8-20-13)19-6-5-9-3-4-10(16)7-11(9)17/h3-4,7-8H,2,5-6H2,1H3,(H2,18,19,20,21). The first-order valence-electron chi connectivity index (χ1n) is 6.54. The van der Waals surface area contributed by atoms with Crippen molar-refractivity contribution in [3.05, 3.63) is 44.6 Å². The van der Waals surface area contributed by atoms with Gasteiger partial charge in [-0.15, -0.1) is 0 Å². The molecule has 2 aromatic rings. The molecule has 0 aliphatic heterocycles. The second-order valence-corrected chi connectivity index (χ2v) is 5.96. The molecular formula is C14H15BrCl2N4. The molecule has 2 rings (SSSR count). The molecule has 0 fully saturated rings. The van der Waals surface area contributed by atoms with Gasteiger partial charge in [-0.25, -0.2) is 9.97 Å². The molecule has 4 nitrogen and oxygen atoms in total. The highest BCUT2D eigenvalue weighted by Crippen LogP contribution is 2.26. The molecule has 1 aromatic heterocycles. The lowest BCUT2D eigenvalue weighted by Crippen LogP contribution is -2.09. The van der Waals surface area contributed by atoms with Gasteiger partial charge in [-0.2, -0.15) is 0 Å². The second-order valence-electron chi connectivity index (χ2n) is 4.33. The number of anilines is 2. The van der Waals surface area contributed by atoms with Gasteiger partial charge in [0.2, 0.25) is 0 Å². The Labute approximate surface area is 142 Å². The maximum Gasteiger partial charge on any atom is 0.145 e. The van der Waals surface area contributed by atoms with E-state index < -0.39 is 0 Å². The third-order valence-corrected chi connectivity index (χ3v) is 4.17. The number of nitrogens with one attached hydrogen (secondary N) is 2. The van der Waals surface area contributed by atoms with E-state index in [1.54, 1.807) is 6.07 Å². The number of nitrogens with zero attached hydrogens (tertiary/aromatic N) is 2. The Morgan fingerprint density at radius 1 is 1.14 bits per heavy atom. The molecule has 0 aliphatic rings. The van der Waals surface area contributed by atoms with E-state index in [-0.39, 0.29) is 0 Å². The number of aromatic nitrogens is 2. The molecule has 0 spiro atoms. The van der Waals surface area contributed by atoms with E-state index in [9.17, 15) is 0 Å². The Morgan fingerprint density at radius 2 is 1.86 bits per heavy atom. The van der Waals surface area contributed by atoms with Gasteiger partial charge >= 0.3 is 0 Å². The van der Waals surface area contributed by atoms with Crippen LogP contribution in [0.3, 0.4) is 0 Å². The van der Waals surface area contributed by atoms with Crippen LogP contribution in [-0.2, 0) is 6.42 Å². The van der Waals surface area contributed by atoms with Crippen molar-refractivity contribution in [2.75, 3.05) is 23.7 Å². The van der Waals surface area contributed by atoms with Crippen molar-refractivity contribution in [3.8, 4) is 0 Å². The van der Waals surface area contributed by atoms with Crippen molar-refractivity contribution in [1.29, 1.82) is 0 Å². The average Bonchev–Trinajstić information content (AvgIpc) is 2.45. The van der Waals surface area contributed by atoms with Crippen LogP contribution >= 0.6 is 39.1 Å². The predicted octanol–water partition coefficient (Wildman–Crippen LogP) is 4.63. The van der Waals surface area contributed by atoms with Gasteiger partial charge in [-0.1, -0.05) is 29.3 Å². The van der Waals surface area contributed by atoms with E-state index in [1.807, 2.05) is 19.1 Å². The summed E-state index contributed by atoms with van der Waals surface area (Å²) in [6.45, 7) is 3.53. The fourth-order valence-electron chi connectivity index (χ4n) is 1.82. The highest BCUT2D eigenvalue weighted by molar-refractivity contribution is 9.10. The summed E-state index contributed by atoms with van der Waals surface area (Å²) >= 11 is 15.5. The molecule has 0 saturated carbocycles. The number of halogens is 3. The lowest BCUT2D eigenvalue weighted by Gasteiger charge is -2.11. The van der Waals surface area contributed by atoms with Crippen LogP contribution in [-0.4, -0.2) is 23.1 Å². The number of rotatable bonds is 6. The molecule has 0 atom stereocenters. The maximum absolute atomic E-state index is 6.15. The van der Waals surface area contributed by atoms with Gasteiger partial charge in [0.1, 0.15) is 22.4 Å². The van der Waals surface area contributed by atoms with Crippen molar-refractivity contribution in [1.82, 2.24) is 9.97 Å². The lowest BCUT2D eigenvalue weighted by atomic mass is 10.1. The van der Waals surface area contributed by atoms with Gasteiger partial charge in [0.15, 0.2) is 0 Å². The molecule has 0 saturated heterocycles. The molecular weight excluding hydrogens is 375 g/mol. The van der Waals surface area contributed by atoms with Gasteiger partial charge in [0.05, 0.1) is 0 Å². The molecule has 0 amide bonds. The second kappa shape index (κ2) is 7.82. The van der Waals surface area contributed by atoms with Crippen molar-refractivity contribution in [3.63, 3.8) is 0 Å². The molecule has 0 aliphatic carbocycles. The monoisotopic (exact) mass is 388 g/mol. The van der Waals surface area contributed by atoms with E-state index in [4.69, 9.17) is 23.2 Å². The average molecular weight is 390 g/mol. The zero-order valence-corrected chi connectivity index (χ0v) is 14.6. The van der Waals surface area contributed by atoms with Gasteiger partial charge < -0.3 is 10.6 Å². The fraction of sp³-hybridized carbons (Fsp3) is 0.286. The highest BCUT2D eigenvalue weighted by Gasteiger charge is 2.08. The summed E-state index contributed by atoms with van der Waals surface area (Å²) in [5.41, 5.74) is 1.05. The molecule has 7 heteroatoms. The van der Waals surface area contributed by atoms with Gasteiger partial charge in [0.25, 0.3) is 0 Å². The lowest BCUT2D eigenvalue weighted by molar-refractivity contribution is 0.993. The number of benzene rings is 1. The van der Waals surface area contributed by atoms with Crippen LogP contribution < -0.4 is 10.6 Å². The van der Waals surface area contributed by atoms with Crippen LogP contribution in [0.25, 0.3) is 0 Å². The predicted molar refractivity (Wildman–Crippen MR) is 92.6 cm³/mol. The number of hydrogen-bond acceptors (Lipinski definition) is 4. The summed E-state index contributed by atoms with van der Waals surface area (Å²) in [7, 11) is 0. The van der Waals surface area contributed by atoms with E-state index in [0.717, 1.165) is 34.6 Å². The summed E-state index contributed by atoms with van der Waals surface area (Å²) in [6, 6.07) is 5.53. The minimum atomic E-state index is 0.644. The van der Waals surface area contributed by atoms with Crippen molar-refractivity contribution in [2.24, 2.45) is 0 Å². The summed E-state index contributed by atoms with van der Waals surface area (Å²) in [5.74, 6) is 1.53. The fourth-order valence-corrected chi connectivity index (χ4v) is 2.81. The molecule has 2 N–H and O–H groups in total. The Balaban J connectivity index is 1.99. The molecule has 0 radical (unpaired) electrons. The molecule has 1 heterocycles. The van der Waals surface area contributed by atoms with Gasteiger partial charge in [0, 0.05) is 23.1 Å². The smallest absolute Gasteiger partial charge is 0.145 e. The Hall–Kier alpha value is -1.04. The van der Waals surface area contributed by atoms with Crippen molar-refractivity contribution < 1.29 is 0 Å². The first-order chi connectivity index (χ1) is 10.1. The van der Waals surface area contributed by atoms with Crippen LogP contribution in [0.4, 0.5) is 11.6 Å². The third kappa shape index (κ3) is 4.46. The topological polar surface area (TPSA) is 49.8 Å². The van der Waals surface area contributed by atoms with Gasteiger partial charge in [-0.3, -0.25) is 0 Å². The van der Waals surface area contributed by atoms with Crippen LogP contribution in [0, 0.1) is 0 Å². The summed E-state index contributed by atoms with van der Waals surface area (Å²) in [4.78, 5) is 8.40. The van der Waals surface area contributed by atoms with Crippen molar-refractivity contribution in [2.45, 2.75) is 13.3 Å². The third-order valence-electron chi connectivity index (χ3n) is 2.84. The minimum Gasteiger partial charge on any atom is -0.369 e. The normalized spacial score (nSPS) is 10.5. The van der Waals surface area contributed by atoms with Crippen molar-refractivity contribution >= 4 is 50.8 Å². The van der Waals surface area contributed by atoms with E-state index in [0.29, 0.717) is 16.6 Å². The van der Waals surface area contributed by atoms with E-state index in [2.05, 4.69) is 36.5 Å². The quantitative estimate of drug-likeness (QED) is 0.755. The maximum atomic E-state index is 6.15. The van der Waals surface area contributed by atoms with E-state index >= 15 is 0 Å². The van der Waals surface area contributed by atoms with Gasteiger partial charge in [-0.05, 0) is 47.0 Å². The molecule has 0 unspecified atom stereocenters. The van der Waals surface area contributed by atoms with Crippen LogP contribution in [0.2, 0.25) is 10.0 Å². The zero-order chi connectivity index (χ0) is 15.2. The Bertz CT molecular complexity index is 622. The van der Waals surface area contributed by atoms with Crippen LogP contribution in [0.5, 0.6) is 0 Å². The first kappa shape index (κ1) is 16.3. The largest absolute Gasteiger partial charge is 0.369 e. The van der Waals surface area contributed by atoms with Crippen LogP contribution in [0.1, 0.15) is 12.5 Å². The SMILES string of the molecule is CCNc1ncnc(NCCc2ccc(Cl)cc2Cl)c1Br. The Morgan fingerprint density at radius 3 is 2.52 bits per heavy atom. The minimum absolute atomic E-state index is 0.644. The molecule has 112 valence electrons. The van der Waals surface area contributed by atoms with E-state index in [1.165, 1.54) is 6.33 Å². The zero-order valence-electron chi connectivity index (χ0n) is 11.5. The number of hydrogen-bond donors (Lipinski definition) is 2. The molecule has 0 bridgehead atoms. The molecule has 21 heavy (non-hydrogen) atoms. The Kier molecular flexibility index (Phi) is 6.08. The summed E-state index contributed by atoms with van der Waals surface area (Å²) in [5, 5.41) is 7.76. The first-order valence-corrected chi connectivity index (χ1v) is 8.09. The molecule has 1 aromatic carbocycles. The summed E-state index contributed by atoms with van der Waals surface area (Å²) < 4.78 is 0.828. The summed E-state index contributed by atoms with van der Waals surface area (Å²) in [6.07, 6.45) is 2.31. The highest BCUT2D eigenvalue weighted by atomic mass is 79.9. The van der Waals surface area contributed by atoms with Crippen LogP contribution in [0.15, 0.2) is 29.0 Å².